The van der Waals surface area contributed by atoms with Gasteiger partial charge in [0.15, 0.2) is 0 Å². The van der Waals surface area contributed by atoms with E-state index in [1.54, 1.807) is 10.9 Å². The fraction of sp³-hybridized carbons (Fsp3) is 0.583. The van der Waals surface area contributed by atoms with E-state index in [1.165, 1.54) is 11.3 Å². The highest BCUT2D eigenvalue weighted by molar-refractivity contribution is 7.07. The van der Waals surface area contributed by atoms with E-state index in [0.29, 0.717) is 30.6 Å². The van der Waals surface area contributed by atoms with E-state index in [0.717, 1.165) is 6.42 Å². The van der Waals surface area contributed by atoms with Gasteiger partial charge in [-0.3, -0.25) is 9.59 Å². The van der Waals surface area contributed by atoms with Crippen molar-refractivity contribution in [3.63, 3.8) is 0 Å². The molecule has 1 saturated heterocycles. The molecule has 2 heterocycles. The van der Waals surface area contributed by atoms with Gasteiger partial charge in [0, 0.05) is 24.4 Å². The predicted molar refractivity (Wildman–Crippen MR) is 67.3 cm³/mol. The van der Waals surface area contributed by atoms with Crippen LogP contribution in [0.25, 0.3) is 0 Å². The van der Waals surface area contributed by atoms with Crippen molar-refractivity contribution in [2.45, 2.75) is 31.8 Å². The standard InChI is InChI=1S/C12H15N3O2S/c1-7-2-10(7)15-4-8(3-11(15)16)14-12(17)9-5-18-6-13-9/h5-8,10H,2-4H2,1H3,(H,14,17)/t7-,8+,10+/m1/s1. The average molecular weight is 265 g/mol. The van der Waals surface area contributed by atoms with Gasteiger partial charge in [0.2, 0.25) is 5.91 Å². The first-order chi connectivity index (χ1) is 8.65. The zero-order valence-electron chi connectivity index (χ0n) is 10.1. The Morgan fingerprint density at radius 1 is 1.61 bits per heavy atom. The molecule has 0 aromatic carbocycles. The number of hydrogen-bond donors (Lipinski definition) is 1. The van der Waals surface area contributed by atoms with Crippen LogP contribution >= 0.6 is 11.3 Å². The third-order valence-electron chi connectivity index (χ3n) is 3.63. The lowest BCUT2D eigenvalue weighted by Crippen LogP contribution is -2.38. The lowest BCUT2D eigenvalue weighted by molar-refractivity contribution is -0.128. The second-order valence-corrected chi connectivity index (χ2v) is 5.79. The normalized spacial score (nSPS) is 30.6. The molecule has 0 bridgehead atoms. The molecule has 1 aliphatic heterocycles. The molecule has 0 unspecified atom stereocenters. The van der Waals surface area contributed by atoms with Gasteiger partial charge in [0.05, 0.1) is 11.6 Å². The highest BCUT2D eigenvalue weighted by atomic mass is 32.1. The van der Waals surface area contributed by atoms with Crippen LogP contribution in [0, 0.1) is 5.92 Å². The van der Waals surface area contributed by atoms with Gasteiger partial charge in [-0.1, -0.05) is 6.92 Å². The predicted octanol–water partition coefficient (Wildman–Crippen LogP) is 0.882. The van der Waals surface area contributed by atoms with Gasteiger partial charge in [-0.15, -0.1) is 11.3 Å². The van der Waals surface area contributed by atoms with E-state index in [2.05, 4.69) is 17.2 Å². The SMILES string of the molecule is C[C@@H]1C[C@@H]1N1C[C@@H](NC(=O)c2cscn2)CC1=O. The Balaban J connectivity index is 1.59. The maximum absolute atomic E-state index is 11.8. The molecule has 5 nitrogen and oxygen atoms in total. The van der Waals surface area contributed by atoms with Crippen molar-refractivity contribution >= 4 is 23.2 Å². The first-order valence-corrected chi connectivity index (χ1v) is 7.08. The summed E-state index contributed by atoms with van der Waals surface area (Å²) in [5.41, 5.74) is 2.07. The van der Waals surface area contributed by atoms with E-state index < -0.39 is 0 Å². The summed E-state index contributed by atoms with van der Waals surface area (Å²) < 4.78 is 0. The van der Waals surface area contributed by atoms with Crippen molar-refractivity contribution in [1.29, 1.82) is 0 Å². The van der Waals surface area contributed by atoms with E-state index in [4.69, 9.17) is 0 Å². The topological polar surface area (TPSA) is 62.3 Å². The minimum absolute atomic E-state index is 0.0699. The van der Waals surface area contributed by atoms with Gasteiger partial charge in [-0.2, -0.15) is 0 Å². The molecule has 18 heavy (non-hydrogen) atoms. The lowest BCUT2D eigenvalue weighted by Gasteiger charge is -2.16. The fourth-order valence-corrected chi connectivity index (χ4v) is 3.00. The minimum atomic E-state index is -0.181. The summed E-state index contributed by atoms with van der Waals surface area (Å²) in [7, 11) is 0. The quantitative estimate of drug-likeness (QED) is 0.882. The van der Waals surface area contributed by atoms with E-state index in [9.17, 15) is 9.59 Å². The molecule has 2 aliphatic rings. The van der Waals surface area contributed by atoms with Gasteiger partial charge in [0.1, 0.15) is 5.69 Å². The van der Waals surface area contributed by atoms with Crippen molar-refractivity contribution in [2.75, 3.05) is 6.54 Å². The highest BCUT2D eigenvalue weighted by Crippen LogP contribution is 2.37. The third kappa shape index (κ3) is 2.12. The number of carbonyl (C=O) groups is 2. The van der Waals surface area contributed by atoms with Gasteiger partial charge < -0.3 is 10.2 Å². The van der Waals surface area contributed by atoms with Crippen LogP contribution in [0.15, 0.2) is 10.9 Å². The van der Waals surface area contributed by atoms with Crippen molar-refractivity contribution in [3.8, 4) is 0 Å². The number of rotatable bonds is 3. The number of nitrogens with zero attached hydrogens (tertiary/aromatic N) is 2. The molecular weight excluding hydrogens is 250 g/mol. The maximum Gasteiger partial charge on any atom is 0.271 e. The number of likely N-dealkylation sites (tertiary alicyclic amines) is 1. The Bertz CT molecular complexity index is 474. The molecule has 1 aromatic heterocycles. The maximum atomic E-state index is 11.8. The molecule has 2 fully saturated rings. The van der Waals surface area contributed by atoms with Crippen LogP contribution in [0.1, 0.15) is 30.3 Å². The van der Waals surface area contributed by atoms with Crippen LogP contribution in [-0.2, 0) is 4.79 Å². The number of nitrogens with one attached hydrogen (secondary N) is 1. The minimum Gasteiger partial charge on any atom is -0.346 e. The summed E-state index contributed by atoms with van der Waals surface area (Å²) in [5, 5.41) is 4.60. The smallest absolute Gasteiger partial charge is 0.271 e. The van der Waals surface area contributed by atoms with Crippen molar-refractivity contribution in [2.24, 2.45) is 5.92 Å². The number of thiazole rings is 1. The molecule has 3 atom stereocenters. The summed E-state index contributed by atoms with van der Waals surface area (Å²) in [5.74, 6) is 0.592. The van der Waals surface area contributed by atoms with Gasteiger partial charge in [0.25, 0.3) is 5.91 Å². The average Bonchev–Trinajstić information content (AvgIpc) is 2.80. The number of hydrogen-bond acceptors (Lipinski definition) is 4. The molecule has 2 amide bonds. The third-order valence-corrected chi connectivity index (χ3v) is 4.21. The van der Waals surface area contributed by atoms with Gasteiger partial charge >= 0.3 is 0 Å². The Hall–Kier alpha value is -1.43. The molecule has 6 heteroatoms. The van der Waals surface area contributed by atoms with Crippen molar-refractivity contribution in [3.05, 3.63) is 16.6 Å². The summed E-state index contributed by atoms with van der Waals surface area (Å²) >= 11 is 1.39. The monoisotopic (exact) mass is 265 g/mol. The van der Waals surface area contributed by atoms with Crippen LogP contribution in [-0.4, -0.2) is 40.3 Å². The molecule has 3 rings (SSSR count). The Kier molecular flexibility index (Phi) is 2.81. The van der Waals surface area contributed by atoms with Crippen LogP contribution in [0.3, 0.4) is 0 Å². The molecule has 0 spiro atoms. The zero-order valence-corrected chi connectivity index (χ0v) is 10.9. The number of aromatic nitrogens is 1. The van der Waals surface area contributed by atoms with E-state index in [1.807, 2.05) is 4.90 Å². The highest BCUT2D eigenvalue weighted by Gasteiger charge is 2.44. The molecule has 1 aromatic rings. The van der Waals surface area contributed by atoms with Crippen LogP contribution < -0.4 is 5.32 Å². The molecule has 1 aliphatic carbocycles. The van der Waals surface area contributed by atoms with Crippen LogP contribution in [0.4, 0.5) is 0 Å². The molecule has 1 N–H and O–H groups in total. The summed E-state index contributed by atoms with van der Waals surface area (Å²) in [4.78, 5) is 29.5. The van der Waals surface area contributed by atoms with E-state index >= 15 is 0 Å². The van der Waals surface area contributed by atoms with Crippen LogP contribution in [0.5, 0.6) is 0 Å². The van der Waals surface area contributed by atoms with Crippen LogP contribution in [0.2, 0.25) is 0 Å². The Morgan fingerprint density at radius 3 is 3.00 bits per heavy atom. The zero-order chi connectivity index (χ0) is 12.7. The van der Waals surface area contributed by atoms with E-state index in [-0.39, 0.29) is 17.9 Å². The summed E-state index contributed by atoms with van der Waals surface area (Å²) in [6.07, 6.45) is 1.51. The first-order valence-electron chi connectivity index (χ1n) is 6.13. The van der Waals surface area contributed by atoms with Gasteiger partial charge in [-0.05, 0) is 12.3 Å². The first kappa shape index (κ1) is 11.6. The molecule has 0 radical (unpaired) electrons. The largest absolute Gasteiger partial charge is 0.346 e. The number of amides is 2. The lowest BCUT2D eigenvalue weighted by atomic mass is 10.2. The van der Waals surface area contributed by atoms with Crippen molar-refractivity contribution in [1.82, 2.24) is 15.2 Å². The Morgan fingerprint density at radius 2 is 2.39 bits per heavy atom. The molecular formula is C12H15N3O2S. The molecule has 96 valence electrons. The fourth-order valence-electron chi connectivity index (χ4n) is 2.47. The van der Waals surface area contributed by atoms with Crippen molar-refractivity contribution < 1.29 is 9.59 Å². The second kappa shape index (κ2) is 4.35. The summed E-state index contributed by atoms with van der Waals surface area (Å²) in [6.45, 7) is 2.79. The summed E-state index contributed by atoms with van der Waals surface area (Å²) in [6, 6.07) is 0.332. The Labute approximate surface area is 109 Å². The molecule has 1 saturated carbocycles. The van der Waals surface area contributed by atoms with Gasteiger partial charge in [-0.25, -0.2) is 4.98 Å². The second-order valence-electron chi connectivity index (χ2n) is 5.07. The number of carbonyl (C=O) groups excluding carboxylic acids is 2.